The Bertz CT molecular complexity index is 835. The number of hydrogen-bond acceptors (Lipinski definition) is 4. The van der Waals surface area contributed by atoms with Gasteiger partial charge in [0.25, 0.3) is 0 Å². The summed E-state index contributed by atoms with van der Waals surface area (Å²) in [4.78, 5) is 11.7. The van der Waals surface area contributed by atoms with Crippen molar-refractivity contribution in [1.29, 1.82) is 0 Å². The first-order valence-electron chi connectivity index (χ1n) is 6.61. The van der Waals surface area contributed by atoms with Crippen LogP contribution in [0.3, 0.4) is 0 Å². The van der Waals surface area contributed by atoms with E-state index in [1.165, 1.54) is 6.07 Å². The molecule has 106 valence electrons. The van der Waals surface area contributed by atoms with E-state index in [0.29, 0.717) is 5.58 Å². The normalized spacial score (nSPS) is 10.6. The molecular weight excluding hydrogens is 266 g/mol. The van der Waals surface area contributed by atoms with Crippen molar-refractivity contribution in [1.82, 2.24) is 0 Å². The van der Waals surface area contributed by atoms with E-state index in [1.54, 1.807) is 19.2 Å². The fraction of sp³-hybridized carbons (Fsp3) is 0.118. The van der Waals surface area contributed by atoms with Gasteiger partial charge in [0.1, 0.15) is 11.3 Å². The molecule has 0 unspecified atom stereocenters. The highest BCUT2D eigenvalue weighted by Crippen LogP contribution is 2.30. The summed E-state index contributed by atoms with van der Waals surface area (Å²) >= 11 is 0. The Kier molecular flexibility index (Phi) is 3.36. The highest BCUT2D eigenvalue weighted by molar-refractivity contribution is 5.94. The SMILES string of the molecule is CNc1ccc(-c2cc(=O)oc3ccc(OC)cc23)cc1. The van der Waals surface area contributed by atoms with Crippen LogP contribution in [0.2, 0.25) is 0 Å². The molecule has 0 bridgehead atoms. The molecule has 1 aromatic heterocycles. The average molecular weight is 281 g/mol. The number of hydrogen-bond donors (Lipinski definition) is 1. The van der Waals surface area contributed by atoms with Crippen LogP contribution in [0.1, 0.15) is 0 Å². The van der Waals surface area contributed by atoms with Gasteiger partial charge in [0.2, 0.25) is 0 Å². The maximum absolute atomic E-state index is 11.7. The molecule has 0 saturated carbocycles. The fourth-order valence-electron chi connectivity index (χ4n) is 2.32. The molecule has 0 aliphatic carbocycles. The maximum atomic E-state index is 11.7. The molecule has 0 amide bonds. The van der Waals surface area contributed by atoms with Gasteiger partial charge < -0.3 is 14.5 Å². The molecule has 0 radical (unpaired) electrons. The molecule has 21 heavy (non-hydrogen) atoms. The molecule has 4 heteroatoms. The summed E-state index contributed by atoms with van der Waals surface area (Å²) in [7, 11) is 3.48. The Balaban J connectivity index is 2.26. The summed E-state index contributed by atoms with van der Waals surface area (Å²) in [6.45, 7) is 0. The number of methoxy groups -OCH3 is 1. The molecule has 0 aliphatic rings. The monoisotopic (exact) mass is 281 g/mol. The quantitative estimate of drug-likeness (QED) is 0.746. The van der Waals surface area contributed by atoms with E-state index < -0.39 is 0 Å². The Labute approximate surface area is 122 Å². The lowest BCUT2D eigenvalue weighted by molar-refractivity contribution is 0.415. The number of ether oxygens (including phenoxy) is 1. The summed E-state index contributed by atoms with van der Waals surface area (Å²) in [6, 6.07) is 14.8. The van der Waals surface area contributed by atoms with Crippen LogP contribution >= 0.6 is 0 Å². The minimum absolute atomic E-state index is 0.361. The molecule has 4 nitrogen and oxygen atoms in total. The van der Waals surface area contributed by atoms with Gasteiger partial charge in [-0.15, -0.1) is 0 Å². The predicted octanol–water partition coefficient (Wildman–Crippen LogP) is 3.51. The van der Waals surface area contributed by atoms with Crippen LogP contribution in [0.25, 0.3) is 22.1 Å². The topological polar surface area (TPSA) is 51.5 Å². The van der Waals surface area contributed by atoms with Crippen molar-refractivity contribution in [2.75, 3.05) is 19.5 Å². The highest BCUT2D eigenvalue weighted by Gasteiger charge is 2.09. The van der Waals surface area contributed by atoms with Crippen LogP contribution in [-0.4, -0.2) is 14.2 Å². The summed E-state index contributed by atoms with van der Waals surface area (Å²) in [5.74, 6) is 0.726. The van der Waals surface area contributed by atoms with Crippen LogP contribution in [0.15, 0.2) is 57.7 Å². The van der Waals surface area contributed by atoms with Crippen molar-refractivity contribution in [3.05, 3.63) is 59.0 Å². The zero-order chi connectivity index (χ0) is 14.8. The van der Waals surface area contributed by atoms with Gasteiger partial charge in [-0.1, -0.05) is 12.1 Å². The molecule has 0 aliphatic heterocycles. The number of fused-ring (bicyclic) bond motifs is 1. The van der Waals surface area contributed by atoms with Gasteiger partial charge in [-0.25, -0.2) is 4.79 Å². The molecule has 0 atom stereocenters. The van der Waals surface area contributed by atoms with Gasteiger partial charge in [-0.3, -0.25) is 0 Å². The first kappa shape index (κ1) is 13.2. The van der Waals surface area contributed by atoms with Crippen LogP contribution < -0.4 is 15.7 Å². The third-order valence-corrected chi connectivity index (χ3v) is 3.43. The van der Waals surface area contributed by atoms with Crippen molar-refractivity contribution in [3.8, 4) is 16.9 Å². The summed E-state index contributed by atoms with van der Waals surface area (Å²) < 4.78 is 10.5. The van der Waals surface area contributed by atoms with E-state index in [1.807, 2.05) is 37.4 Å². The highest BCUT2D eigenvalue weighted by atomic mass is 16.5. The van der Waals surface area contributed by atoms with Crippen LogP contribution in [0.5, 0.6) is 5.75 Å². The molecule has 3 rings (SSSR count). The van der Waals surface area contributed by atoms with Crippen molar-refractivity contribution in [3.63, 3.8) is 0 Å². The zero-order valence-electron chi connectivity index (χ0n) is 11.8. The van der Waals surface area contributed by atoms with E-state index in [0.717, 1.165) is 28.0 Å². The van der Waals surface area contributed by atoms with E-state index in [-0.39, 0.29) is 5.63 Å². The summed E-state index contributed by atoms with van der Waals surface area (Å²) in [5, 5.41) is 3.93. The van der Waals surface area contributed by atoms with Gasteiger partial charge in [0.15, 0.2) is 0 Å². The van der Waals surface area contributed by atoms with Gasteiger partial charge in [0.05, 0.1) is 7.11 Å². The van der Waals surface area contributed by atoms with Crippen molar-refractivity contribution >= 4 is 16.7 Å². The second kappa shape index (κ2) is 5.32. The van der Waals surface area contributed by atoms with E-state index in [9.17, 15) is 4.79 Å². The number of nitrogens with one attached hydrogen (secondary N) is 1. The Morgan fingerprint density at radius 3 is 2.48 bits per heavy atom. The second-order valence-electron chi connectivity index (χ2n) is 4.67. The smallest absolute Gasteiger partial charge is 0.336 e. The molecular formula is C17H15NO3. The lowest BCUT2D eigenvalue weighted by atomic mass is 10.0. The largest absolute Gasteiger partial charge is 0.497 e. The van der Waals surface area contributed by atoms with Crippen molar-refractivity contribution < 1.29 is 9.15 Å². The summed E-state index contributed by atoms with van der Waals surface area (Å²) in [5.41, 5.74) is 3.00. The van der Waals surface area contributed by atoms with E-state index in [2.05, 4.69) is 5.32 Å². The van der Waals surface area contributed by atoms with Gasteiger partial charge in [-0.2, -0.15) is 0 Å². The average Bonchev–Trinajstić information content (AvgIpc) is 2.53. The third-order valence-electron chi connectivity index (χ3n) is 3.43. The number of anilines is 1. The summed E-state index contributed by atoms with van der Waals surface area (Å²) in [6.07, 6.45) is 0. The van der Waals surface area contributed by atoms with Gasteiger partial charge >= 0.3 is 5.63 Å². The van der Waals surface area contributed by atoms with Crippen LogP contribution in [0, 0.1) is 0 Å². The molecule has 0 fully saturated rings. The Morgan fingerprint density at radius 1 is 1.05 bits per heavy atom. The third kappa shape index (κ3) is 2.48. The van der Waals surface area contributed by atoms with E-state index in [4.69, 9.17) is 9.15 Å². The van der Waals surface area contributed by atoms with Crippen molar-refractivity contribution in [2.45, 2.75) is 0 Å². The first-order chi connectivity index (χ1) is 10.2. The minimum atomic E-state index is -0.361. The zero-order valence-corrected chi connectivity index (χ0v) is 11.8. The lowest BCUT2D eigenvalue weighted by Crippen LogP contribution is -1.98. The molecule has 0 spiro atoms. The van der Waals surface area contributed by atoms with Gasteiger partial charge in [0, 0.05) is 24.2 Å². The molecule has 1 heterocycles. The number of benzene rings is 2. The van der Waals surface area contributed by atoms with Crippen molar-refractivity contribution in [2.24, 2.45) is 0 Å². The minimum Gasteiger partial charge on any atom is -0.497 e. The standard InChI is InChI=1S/C17H15NO3/c1-18-12-5-3-11(4-6-12)14-10-17(19)21-16-8-7-13(20-2)9-15(14)16/h3-10,18H,1-2H3. The molecule has 1 N–H and O–H groups in total. The molecule has 2 aromatic carbocycles. The lowest BCUT2D eigenvalue weighted by Gasteiger charge is -2.08. The Hall–Kier alpha value is -2.75. The second-order valence-corrected chi connectivity index (χ2v) is 4.67. The van der Waals surface area contributed by atoms with Crippen LogP contribution in [0.4, 0.5) is 5.69 Å². The molecule has 3 aromatic rings. The number of rotatable bonds is 3. The Morgan fingerprint density at radius 2 is 1.81 bits per heavy atom. The van der Waals surface area contributed by atoms with Gasteiger partial charge in [-0.05, 0) is 41.5 Å². The van der Waals surface area contributed by atoms with Crippen LogP contribution in [-0.2, 0) is 0 Å². The predicted molar refractivity (Wildman–Crippen MR) is 84.0 cm³/mol. The van der Waals surface area contributed by atoms with E-state index >= 15 is 0 Å². The first-order valence-corrected chi connectivity index (χ1v) is 6.61. The fourth-order valence-corrected chi connectivity index (χ4v) is 2.32. The molecule has 0 saturated heterocycles. The maximum Gasteiger partial charge on any atom is 0.336 e.